The molecule has 0 saturated heterocycles. The lowest BCUT2D eigenvalue weighted by Gasteiger charge is -1.90. The van der Waals surface area contributed by atoms with Crippen LogP contribution in [0.25, 0.3) is 12.7 Å². The monoisotopic (exact) mass is 286 g/mol. The van der Waals surface area contributed by atoms with Crippen LogP contribution >= 0.6 is 31.9 Å². The fourth-order valence-corrected chi connectivity index (χ4v) is 1.54. The van der Waals surface area contributed by atoms with Crippen LogP contribution in [0.4, 0.5) is 0 Å². The van der Waals surface area contributed by atoms with Gasteiger partial charge in [0.15, 0.2) is 0 Å². The highest BCUT2D eigenvalue weighted by molar-refractivity contribution is 9.12. The highest BCUT2D eigenvalue weighted by Crippen LogP contribution is 2.03. The second-order valence-electron chi connectivity index (χ2n) is 2.43. The maximum atomic E-state index is 3.91. The molecule has 0 bridgehead atoms. The largest absolute Gasteiger partial charge is 0.0911 e. The predicted octanol–water partition coefficient (Wildman–Crippen LogP) is 2.55. The third kappa shape index (κ3) is 2.61. The summed E-state index contributed by atoms with van der Waals surface area (Å²) < 4.78 is 1.90. The van der Waals surface area contributed by atoms with Gasteiger partial charge in [-0.15, -0.1) is 0 Å². The Bertz CT molecular complexity index is 404. The first-order valence-electron chi connectivity index (χ1n) is 3.40. The van der Waals surface area contributed by atoms with Crippen LogP contribution in [0.3, 0.4) is 0 Å². The Morgan fingerprint density at radius 1 is 1.42 bits per heavy atom. The van der Waals surface area contributed by atoms with Crippen molar-refractivity contribution >= 4 is 44.5 Å². The van der Waals surface area contributed by atoms with E-state index in [0.29, 0.717) is 0 Å². The third-order valence-electron chi connectivity index (χ3n) is 1.42. The minimum Gasteiger partial charge on any atom is -0.0911 e. The zero-order valence-electron chi connectivity index (χ0n) is 6.48. The van der Waals surface area contributed by atoms with E-state index in [1.54, 1.807) is 0 Å². The molecule has 1 rings (SSSR count). The van der Waals surface area contributed by atoms with Crippen LogP contribution in [-0.4, -0.2) is 0 Å². The van der Waals surface area contributed by atoms with Crippen LogP contribution in [0.5, 0.6) is 0 Å². The number of hydrogen-bond acceptors (Lipinski definition) is 0. The fraction of sp³-hybridized carbons (Fsp3) is 0. The van der Waals surface area contributed by atoms with E-state index >= 15 is 0 Å². The van der Waals surface area contributed by atoms with Gasteiger partial charge >= 0.3 is 0 Å². The Balaban J connectivity index is 3.38. The SMILES string of the molecule is C=C(Br)/C=c1/ccc(Br)cc1=C. The molecule has 1 aromatic carbocycles. The van der Waals surface area contributed by atoms with E-state index in [2.05, 4.69) is 45.0 Å². The van der Waals surface area contributed by atoms with Crippen LogP contribution in [0.2, 0.25) is 0 Å². The quantitative estimate of drug-likeness (QED) is 0.745. The fourth-order valence-electron chi connectivity index (χ4n) is 0.884. The Morgan fingerprint density at radius 2 is 2.08 bits per heavy atom. The van der Waals surface area contributed by atoms with Crippen molar-refractivity contribution < 1.29 is 0 Å². The summed E-state index contributed by atoms with van der Waals surface area (Å²) in [6, 6.07) is 5.96. The molecular weight excluding hydrogens is 280 g/mol. The van der Waals surface area contributed by atoms with Crippen molar-refractivity contribution in [1.29, 1.82) is 0 Å². The molecule has 0 aliphatic heterocycles. The zero-order chi connectivity index (χ0) is 9.14. The van der Waals surface area contributed by atoms with Crippen molar-refractivity contribution in [2.24, 2.45) is 0 Å². The first-order valence-corrected chi connectivity index (χ1v) is 4.99. The zero-order valence-corrected chi connectivity index (χ0v) is 9.65. The first-order chi connectivity index (χ1) is 5.59. The lowest BCUT2D eigenvalue weighted by atomic mass is 10.2. The van der Waals surface area contributed by atoms with E-state index in [0.717, 1.165) is 19.4 Å². The molecule has 0 radical (unpaired) electrons. The second-order valence-corrected chi connectivity index (χ2v) is 4.37. The van der Waals surface area contributed by atoms with Crippen molar-refractivity contribution in [2.45, 2.75) is 0 Å². The highest BCUT2D eigenvalue weighted by Gasteiger charge is 1.86. The summed E-state index contributed by atoms with van der Waals surface area (Å²) >= 11 is 6.65. The van der Waals surface area contributed by atoms with Crippen LogP contribution < -0.4 is 10.4 Å². The molecule has 0 saturated carbocycles. The summed E-state index contributed by atoms with van der Waals surface area (Å²) in [4.78, 5) is 0. The molecule has 1 aromatic rings. The topological polar surface area (TPSA) is 0 Å². The number of allylic oxidation sites excluding steroid dienone is 1. The van der Waals surface area contributed by atoms with Gasteiger partial charge in [0.05, 0.1) is 0 Å². The van der Waals surface area contributed by atoms with Gasteiger partial charge in [0.2, 0.25) is 0 Å². The van der Waals surface area contributed by atoms with Gasteiger partial charge in [-0.1, -0.05) is 51.1 Å². The van der Waals surface area contributed by atoms with Crippen molar-refractivity contribution in [3.63, 3.8) is 0 Å². The molecule has 0 heterocycles. The summed E-state index contributed by atoms with van der Waals surface area (Å²) in [6.07, 6.45) is 1.94. The van der Waals surface area contributed by atoms with Crippen molar-refractivity contribution in [2.75, 3.05) is 0 Å². The number of hydrogen-bond donors (Lipinski definition) is 0. The maximum absolute atomic E-state index is 3.91. The summed E-state index contributed by atoms with van der Waals surface area (Å²) in [5.74, 6) is 0. The smallest absolute Gasteiger partial charge is 0.0181 e. The molecule has 0 amide bonds. The summed E-state index contributed by atoms with van der Waals surface area (Å²) in [7, 11) is 0. The Labute approximate surface area is 88.6 Å². The standard InChI is InChI=1S/C10H8Br2/c1-7-5-10(12)4-3-9(7)6-8(2)11/h3-6H,1-2H2/b9-6-. The Kier molecular flexibility index (Phi) is 3.29. The van der Waals surface area contributed by atoms with E-state index in [-0.39, 0.29) is 0 Å². The van der Waals surface area contributed by atoms with Crippen LogP contribution in [-0.2, 0) is 0 Å². The van der Waals surface area contributed by atoms with Gasteiger partial charge in [-0.3, -0.25) is 0 Å². The maximum Gasteiger partial charge on any atom is 0.0181 e. The van der Waals surface area contributed by atoms with Gasteiger partial charge in [-0.2, -0.15) is 0 Å². The molecule has 0 aromatic heterocycles. The molecule has 0 spiro atoms. The van der Waals surface area contributed by atoms with Crippen molar-refractivity contribution in [3.05, 3.63) is 44.2 Å². The van der Waals surface area contributed by atoms with Gasteiger partial charge in [-0.05, 0) is 28.6 Å². The lowest BCUT2D eigenvalue weighted by molar-refractivity contribution is 1.50. The Hall–Kier alpha value is -0.340. The molecule has 0 atom stereocenters. The molecule has 0 aliphatic rings. The number of halogens is 2. The third-order valence-corrected chi connectivity index (χ3v) is 2.14. The second kappa shape index (κ2) is 4.06. The van der Waals surface area contributed by atoms with Crippen LogP contribution in [0.1, 0.15) is 0 Å². The van der Waals surface area contributed by atoms with Gasteiger partial charge in [0.25, 0.3) is 0 Å². The van der Waals surface area contributed by atoms with Gasteiger partial charge in [-0.25, -0.2) is 0 Å². The summed E-state index contributed by atoms with van der Waals surface area (Å²) in [6.45, 7) is 7.65. The van der Waals surface area contributed by atoms with Crippen molar-refractivity contribution in [1.82, 2.24) is 0 Å². The molecule has 2 heteroatoms. The van der Waals surface area contributed by atoms with Crippen molar-refractivity contribution in [3.8, 4) is 0 Å². The molecular formula is C10H8Br2. The summed E-state index contributed by atoms with van der Waals surface area (Å²) in [5.41, 5.74) is 0. The summed E-state index contributed by atoms with van der Waals surface area (Å²) in [5, 5.41) is 2.07. The Morgan fingerprint density at radius 3 is 2.58 bits per heavy atom. The minimum atomic E-state index is 0.856. The molecule has 0 unspecified atom stereocenters. The molecule has 12 heavy (non-hydrogen) atoms. The van der Waals surface area contributed by atoms with Gasteiger partial charge in [0, 0.05) is 8.96 Å². The average Bonchev–Trinajstić information content (AvgIpc) is 1.94. The van der Waals surface area contributed by atoms with E-state index in [1.165, 1.54) is 0 Å². The average molecular weight is 288 g/mol. The molecule has 0 N–H and O–H groups in total. The van der Waals surface area contributed by atoms with Crippen LogP contribution in [0.15, 0.2) is 33.7 Å². The molecule has 0 nitrogen and oxygen atoms in total. The van der Waals surface area contributed by atoms with E-state index in [9.17, 15) is 0 Å². The highest BCUT2D eigenvalue weighted by atomic mass is 79.9. The van der Waals surface area contributed by atoms with E-state index in [1.807, 2.05) is 24.3 Å². The number of rotatable bonds is 1. The number of benzene rings is 1. The lowest BCUT2D eigenvalue weighted by Crippen LogP contribution is -2.22. The predicted molar refractivity (Wildman–Crippen MR) is 61.4 cm³/mol. The normalized spacial score (nSPS) is 11.7. The van der Waals surface area contributed by atoms with E-state index < -0.39 is 0 Å². The molecule has 62 valence electrons. The molecule has 0 aliphatic carbocycles. The van der Waals surface area contributed by atoms with Gasteiger partial charge < -0.3 is 0 Å². The first kappa shape index (κ1) is 9.75. The van der Waals surface area contributed by atoms with Crippen LogP contribution in [0, 0.1) is 0 Å². The molecule has 0 fully saturated rings. The minimum absolute atomic E-state index is 0.856. The van der Waals surface area contributed by atoms with Gasteiger partial charge in [0.1, 0.15) is 0 Å². The van der Waals surface area contributed by atoms with E-state index in [4.69, 9.17) is 0 Å².